The highest BCUT2D eigenvalue weighted by Crippen LogP contribution is 2.15. The Hall–Kier alpha value is -1.43. The molecule has 0 heterocycles. The Kier molecular flexibility index (Phi) is 5.95. The third kappa shape index (κ3) is 4.02. The van der Waals surface area contributed by atoms with E-state index in [-0.39, 0.29) is 24.6 Å². The van der Waals surface area contributed by atoms with Gasteiger partial charge in [0.15, 0.2) is 0 Å². The van der Waals surface area contributed by atoms with Gasteiger partial charge in [-0.05, 0) is 32.5 Å². The van der Waals surface area contributed by atoms with Crippen LogP contribution in [0.3, 0.4) is 0 Å². The van der Waals surface area contributed by atoms with Crippen LogP contribution in [-0.4, -0.2) is 41.7 Å². The summed E-state index contributed by atoms with van der Waals surface area (Å²) in [6.07, 6.45) is 0. The van der Waals surface area contributed by atoms with Gasteiger partial charge in [-0.3, -0.25) is 9.69 Å². The van der Waals surface area contributed by atoms with E-state index in [9.17, 15) is 4.79 Å². The maximum atomic E-state index is 12.2. The van der Waals surface area contributed by atoms with E-state index in [1.807, 2.05) is 50.1 Å². The molecule has 1 aromatic carbocycles. The summed E-state index contributed by atoms with van der Waals surface area (Å²) in [5.41, 5.74) is 7.28. The summed E-state index contributed by atoms with van der Waals surface area (Å²) in [6, 6.07) is 7.09. The molecule has 1 aromatic rings. The van der Waals surface area contributed by atoms with Crippen LogP contribution in [0.2, 0.25) is 0 Å². The van der Waals surface area contributed by atoms with Crippen LogP contribution in [0.25, 0.3) is 0 Å². The van der Waals surface area contributed by atoms with Crippen molar-refractivity contribution < 1.29 is 9.90 Å². The molecule has 0 aromatic heterocycles. The molecule has 0 aliphatic carbocycles. The number of carbonyl (C=O) groups is 1. The molecule has 0 fully saturated rings. The standard InChI is InChI=1S/C14H23N3O2/c1-10(9-18)17(3)11(2)14(19)16-13-7-5-4-6-12(13)8-15/h4-7,10-11,18H,8-9,15H2,1-3H3,(H,16,19). The van der Waals surface area contributed by atoms with Gasteiger partial charge in [-0.25, -0.2) is 0 Å². The van der Waals surface area contributed by atoms with Crippen LogP contribution in [0.15, 0.2) is 24.3 Å². The highest BCUT2D eigenvalue weighted by Gasteiger charge is 2.22. The number of hydrogen-bond acceptors (Lipinski definition) is 4. The zero-order chi connectivity index (χ0) is 14.4. The first-order chi connectivity index (χ1) is 9.01. The topological polar surface area (TPSA) is 78.6 Å². The van der Waals surface area contributed by atoms with E-state index in [1.165, 1.54) is 0 Å². The minimum Gasteiger partial charge on any atom is -0.395 e. The highest BCUT2D eigenvalue weighted by molar-refractivity contribution is 5.95. The summed E-state index contributed by atoms with van der Waals surface area (Å²) >= 11 is 0. The van der Waals surface area contributed by atoms with E-state index in [0.29, 0.717) is 6.54 Å². The normalized spacial score (nSPS) is 14.2. The van der Waals surface area contributed by atoms with E-state index in [4.69, 9.17) is 10.8 Å². The molecule has 0 saturated carbocycles. The van der Waals surface area contributed by atoms with Crippen molar-refractivity contribution in [3.8, 4) is 0 Å². The van der Waals surface area contributed by atoms with Gasteiger partial charge in [-0.2, -0.15) is 0 Å². The molecular formula is C14H23N3O2. The van der Waals surface area contributed by atoms with Crippen molar-refractivity contribution in [2.45, 2.75) is 32.5 Å². The van der Waals surface area contributed by atoms with Gasteiger partial charge in [0.1, 0.15) is 0 Å². The first-order valence-electron chi connectivity index (χ1n) is 6.42. The molecule has 0 bridgehead atoms. The maximum Gasteiger partial charge on any atom is 0.241 e. The Bertz CT molecular complexity index is 423. The van der Waals surface area contributed by atoms with E-state index < -0.39 is 0 Å². The number of nitrogens with one attached hydrogen (secondary N) is 1. The van der Waals surface area contributed by atoms with Crippen molar-refractivity contribution in [3.05, 3.63) is 29.8 Å². The SMILES string of the molecule is CC(CO)N(C)C(C)C(=O)Nc1ccccc1CN. The number of benzene rings is 1. The van der Waals surface area contributed by atoms with Gasteiger partial charge in [-0.15, -0.1) is 0 Å². The zero-order valence-corrected chi connectivity index (χ0v) is 11.8. The minimum atomic E-state index is -0.326. The number of aliphatic hydroxyl groups excluding tert-OH is 1. The van der Waals surface area contributed by atoms with Crippen LogP contribution in [-0.2, 0) is 11.3 Å². The summed E-state index contributed by atoms with van der Waals surface area (Å²) in [5.74, 6) is -0.108. The Morgan fingerprint density at radius 1 is 1.42 bits per heavy atom. The molecule has 2 unspecified atom stereocenters. The molecule has 0 spiro atoms. The van der Waals surface area contributed by atoms with Crippen LogP contribution in [0, 0.1) is 0 Å². The molecule has 0 aliphatic rings. The molecule has 5 nitrogen and oxygen atoms in total. The molecule has 19 heavy (non-hydrogen) atoms. The van der Waals surface area contributed by atoms with Gasteiger partial charge in [0.2, 0.25) is 5.91 Å². The second-order valence-electron chi connectivity index (χ2n) is 4.72. The van der Waals surface area contributed by atoms with E-state index >= 15 is 0 Å². The lowest BCUT2D eigenvalue weighted by atomic mass is 10.1. The number of nitrogens with zero attached hydrogens (tertiary/aromatic N) is 1. The lowest BCUT2D eigenvalue weighted by Crippen LogP contribution is -2.45. The van der Waals surface area contributed by atoms with Crippen molar-refractivity contribution in [3.63, 3.8) is 0 Å². The fourth-order valence-corrected chi connectivity index (χ4v) is 1.75. The summed E-state index contributed by atoms with van der Waals surface area (Å²) in [5, 5.41) is 12.0. The highest BCUT2D eigenvalue weighted by atomic mass is 16.3. The van der Waals surface area contributed by atoms with Crippen LogP contribution >= 0.6 is 0 Å². The number of hydrogen-bond donors (Lipinski definition) is 3. The first-order valence-corrected chi connectivity index (χ1v) is 6.42. The van der Waals surface area contributed by atoms with E-state index in [2.05, 4.69) is 5.32 Å². The Labute approximate surface area is 114 Å². The van der Waals surface area contributed by atoms with E-state index in [0.717, 1.165) is 11.3 Å². The summed E-state index contributed by atoms with van der Waals surface area (Å²) in [7, 11) is 1.82. The van der Waals surface area contributed by atoms with Gasteiger partial charge in [0.25, 0.3) is 0 Å². The number of nitrogens with two attached hydrogens (primary N) is 1. The molecule has 5 heteroatoms. The fraction of sp³-hybridized carbons (Fsp3) is 0.500. The van der Waals surface area contributed by atoms with Crippen molar-refractivity contribution in [1.82, 2.24) is 4.90 Å². The van der Waals surface area contributed by atoms with Crippen molar-refractivity contribution in [2.24, 2.45) is 5.73 Å². The van der Waals surface area contributed by atoms with Crippen LogP contribution in [0.4, 0.5) is 5.69 Å². The number of anilines is 1. The lowest BCUT2D eigenvalue weighted by Gasteiger charge is -2.28. The molecule has 106 valence electrons. The predicted molar refractivity (Wildman–Crippen MR) is 76.7 cm³/mol. The average molecular weight is 265 g/mol. The van der Waals surface area contributed by atoms with Crippen molar-refractivity contribution in [1.29, 1.82) is 0 Å². The Balaban J connectivity index is 2.74. The number of para-hydroxylation sites is 1. The third-order valence-electron chi connectivity index (χ3n) is 3.44. The minimum absolute atomic E-state index is 0.0213. The van der Waals surface area contributed by atoms with Gasteiger partial charge in [0.05, 0.1) is 12.6 Å². The van der Waals surface area contributed by atoms with Gasteiger partial charge in [-0.1, -0.05) is 18.2 Å². The fourth-order valence-electron chi connectivity index (χ4n) is 1.75. The third-order valence-corrected chi connectivity index (χ3v) is 3.44. The summed E-state index contributed by atoms with van der Waals surface area (Å²) in [4.78, 5) is 14.0. The summed E-state index contributed by atoms with van der Waals surface area (Å²) < 4.78 is 0. The van der Waals surface area contributed by atoms with Gasteiger partial charge >= 0.3 is 0 Å². The largest absolute Gasteiger partial charge is 0.395 e. The Morgan fingerprint density at radius 2 is 2.05 bits per heavy atom. The monoisotopic (exact) mass is 265 g/mol. The second kappa shape index (κ2) is 7.23. The van der Waals surface area contributed by atoms with Crippen molar-refractivity contribution in [2.75, 3.05) is 19.0 Å². The van der Waals surface area contributed by atoms with Crippen LogP contribution in [0.1, 0.15) is 19.4 Å². The first kappa shape index (κ1) is 15.6. The number of likely N-dealkylation sites (N-methyl/N-ethyl adjacent to an activating group) is 1. The number of amides is 1. The molecule has 0 radical (unpaired) electrons. The van der Waals surface area contributed by atoms with Gasteiger partial charge < -0.3 is 16.2 Å². The lowest BCUT2D eigenvalue weighted by molar-refractivity contribution is -0.121. The molecule has 1 amide bonds. The quantitative estimate of drug-likeness (QED) is 0.710. The van der Waals surface area contributed by atoms with E-state index in [1.54, 1.807) is 0 Å². The molecule has 0 aliphatic heterocycles. The second-order valence-corrected chi connectivity index (χ2v) is 4.72. The molecule has 0 saturated heterocycles. The Morgan fingerprint density at radius 3 is 2.63 bits per heavy atom. The van der Waals surface area contributed by atoms with Gasteiger partial charge in [0, 0.05) is 18.3 Å². The van der Waals surface area contributed by atoms with Crippen molar-refractivity contribution >= 4 is 11.6 Å². The number of rotatable bonds is 6. The number of carbonyl (C=O) groups excluding carboxylic acids is 1. The molecule has 1 rings (SSSR count). The molecule has 4 N–H and O–H groups in total. The number of aliphatic hydroxyl groups is 1. The van der Waals surface area contributed by atoms with Crippen LogP contribution in [0.5, 0.6) is 0 Å². The summed E-state index contributed by atoms with van der Waals surface area (Å²) in [6.45, 7) is 4.09. The molecular weight excluding hydrogens is 242 g/mol. The molecule has 2 atom stereocenters. The maximum absolute atomic E-state index is 12.2. The predicted octanol–water partition coefficient (Wildman–Crippen LogP) is 0.785. The average Bonchev–Trinajstić information content (AvgIpc) is 2.45. The smallest absolute Gasteiger partial charge is 0.241 e. The zero-order valence-electron chi connectivity index (χ0n) is 11.8. The van der Waals surface area contributed by atoms with Crippen LogP contribution < -0.4 is 11.1 Å².